The fraction of sp³-hybridized carbons (Fsp3) is 0.462. The van der Waals surface area contributed by atoms with Crippen molar-refractivity contribution in [1.29, 1.82) is 0 Å². The van der Waals surface area contributed by atoms with Gasteiger partial charge in [0.15, 0.2) is 5.76 Å². The molecular formula is C26H30ClN3O4S. The van der Waals surface area contributed by atoms with Crippen LogP contribution in [-0.4, -0.2) is 27.1 Å². The Labute approximate surface area is 213 Å². The number of rotatable bonds is 11. The lowest BCUT2D eigenvalue weighted by molar-refractivity contribution is -0.137. The molecule has 4 rings (SSSR count). The molecule has 9 heteroatoms. The average Bonchev–Trinajstić information content (AvgIpc) is 3.36. The molecule has 2 heterocycles. The molecule has 1 aromatic carbocycles. The number of hydrogen-bond donors (Lipinski definition) is 2. The SMILES string of the molecule is Cc1ccc(NC(=O)CC(CCC(=O)O)c2noc(-c3cnc(CC(C)C)s3)c2C2CC2)c(Cl)c1. The molecule has 1 aliphatic carbocycles. The van der Waals surface area contributed by atoms with Crippen molar-refractivity contribution in [1.82, 2.24) is 10.1 Å². The van der Waals surface area contributed by atoms with E-state index < -0.39 is 5.97 Å². The summed E-state index contributed by atoms with van der Waals surface area (Å²) >= 11 is 7.89. The Kier molecular flexibility index (Phi) is 7.91. The van der Waals surface area contributed by atoms with Gasteiger partial charge in [0.25, 0.3) is 0 Å². The summed E-state index contributed by atoms with van der Waals surface area (Å²) in [6.07, 6.45) is 5.09. The first-order valence-corrected chi connectivity index (χ1v) is 13.1. The van der Waals surface area contributed by atoms with Gasteiger partial charge in [-0.1, -0.05) is 36.7 Å². The van der Waals surface area contributed by atoms with Crippen molar-refractivity contribution in [2.45, 2.75) is 71.1 Å². The van der Waals surface area contributed by atoms with Gasteiger partial charge in [-0.25, -0.2) is 4.98 Å². The molecule has 7 nitrogen and oxygen atoms in total. The zero-order valence-corrected chi connectivity index (χ0v) is 21.7. The Bertz CT molecular complexity index is 1220. The molecule has 0 spiro atoms. The number of anilines is 1. The number of nitrogens with zero attached hydrogens (tertiary/aromatic N) is 2. The molecule has 0 saturated heterocycles. The second-order valence-corrected chi connectivity index (χ2v) is 11.2. The van der Waals surface area contributed by atoms with Gasteiger partial charge >= 0.3 is 5.97 Å². The van der Waals surface area contributed by atoms with Crippen LogP contribution in [0.3, 0.4) is 0 Å². The van der Waals surface area contributed by atoms with Gasteiger partial charge in [-0.3, -0.25) is 9.59 Å². The molecule has 1 unspecified atom stereocenters. The van der Waals surface area contributed by atoms with Crippen molar-refractivity contribution in [3.8, 4) is 10.6 Å². The van der Waals surface area contributed by atoms with E-state index in [1.807, 2.05) is 19.2 Å². The van der Waals surface area contributed by atoms with Crippen LogP contribution in [0.4, 0.5) is 5.69 Å². The van der Waals surface area contributed by atoms with Crippen LogP contribution in [0.25, 0.3) is 10.6 Å². The number of carbonyl (C=O) groups excluding carboxylic acids is 1. The third kappa shape index (κ3) is 6.49. The van der Waals surface area contributed by atoms with E-state index >= 15 is 0 Å². The Balaban J connectivity index is 1.60. The van der Waals surface area contributed by atoms with Crippen LogP contribution >= 0.6 is 22.9 Å². The maximum absolute atomic E-state index is 13.0. The lowest BCUT2D eigenvalue weighted by Gasteiger charge is -2.16. The largest absolute Gasteiger partial charge is 0.481 e. The molecule has 0 aliphatic heterocycles. The molecule has 1 saturated carbocycles. The van der Waals surface area contributed by atoms with Gasteiger partial charge in [-0.2, -0.15) is 0 Å². The molecule has 2 aromatic heterocycles. The predicted octanol–water partition coefficient (Wildman–Crippen LogP) is 6.81. The number of aromatic nitrogens is 2. The van der Waals surface area contributed by atoms with E-state index in [-0.39, 0.29) is 31.1 Å². The molecule has 0 radical (unpaired) electrons. The molecule has 2 N–H and O–H groups in total. The summed E-state index contributed by atoms with van der Waals surface area (Å²) in [5.41, 5.74) is 3.22. The molecular weight excluding hydrogens is 486 g/mol. The van der Waals surface area contributed by atoms with Crippen molar-refractivity contribution < 1.29 is 19.2 Å². The van der Waals surface area contributed by atoms with E-state index in [2.05, 4.69) is 29.3 Å². The number of nitrogens with one attached hydrogen (secondary N) is 1. The summed E-state index contributed by atoms with van der Waals surface area (Å²) in [7, 11) is 0. The Morgan fingerprint density at radius 2 is 2.09 bits per heavy atom. The molecule has 1 aliphatic rings. The molecule has 0 bridgehead atoms. The highest BCUT2D eigenvalue weighted by molar-refractivity contribution is 7.15. The number of thiazole rings is 1. The quantitative estimate of drug-likeness (QED) is 0.290. The summed E-state index contributed by atoms with van der Waals surface area (Å²) in [4.78, 5) is 29.8. The van der Waals surface area contributed by atoms with Crippen LogP contribution < -0.4 is 5.32 Å². The number of carbonyl (C=O) groups is 2. The van der Waals surface area contributed by atoms with Gasteiger partial charge in [0.05, 0.1) is 26.3 Å². The number of aryl methyl sites for hydroxylation is 1. The molecule has 1 fully saturated rings. The Morgan fingerprint density at radius 1 is 1.31 bits per heavy atom. The fourth-order valence-corrected chi connectivity index (χ4v) is 5.59. The van der Waals surface area contributed by atoms with E-state index in [0.29, 0.717) is 34.0 Å². The number of carboxylic acids is 1. The van der Waals surface area contributed by atoms with Crippen LogP contribution in [0, 0.1) is 12.8 Å². The zero-order valence-electron chi connectivity index (χ0n) is 20.1. The van der Waals surface area contributed by atoms with Gasteiger partial charge in [-0.05, 0) is 55.7 Å². The first-order valence-electron chi connectivity index (χ1n) is 11.9. The van der Waals surface area contributed by atoms with E-state index in [9.17, 15) is 14.7 Å². The standard InChI is InChI=1S/C26H30ClN3O4S/c1-14(2)10-22-28-13-20(35-22)26-24(16-5-6-16)25(30-34-26)17(7-9-23(32)33)12-21(31)29-19-8-4-15(3)11-18(19)27/h4,8,11,13-14,16-17H,5-7,9-10,12H2,1-3H3,(H,29,31)(H,32,33). The van der Waals surface area contributed by atoms with E-state index in [4.69, 9.17) is 16.1 Å². The minimum absolute atomic E-state index is 0.0609. The van der Waals surface area contributed by atoms with Crippen molar-refractivity contribution >= 4 is 40.5 Å². The summed E-state index contributed by atoms with van der Waals surface area (Å²) in [6, 6.07) is 5.43. The fourth-order valence-electron chi connectivity index (χ4n) is 4.19. The highest BCUT2D eigenvalue weighted by Gasteiger charge is 2.36. The van der Waals surface area contributed by atoms with Gasteiger partial charge in [-0.15, -0.1) is 11.3 Å². The van der Waals surface area contributed by atoms with Crippen molar-refractivity contribution in [2.75, 3.05) is 5.32 Å². The average molecular weight is 516 g/mol. The second-order valence-electron chi connectivity index (χ2n) is 9.67. The van der Waals surface area contributed by atoms with Gasteiger partial charge in [0.1, 0.15) is 0 Å². The van der Waals surface area contributed by atoms with Gasteiger partial charge in [0, 0.05) is 36.9 Å². The van der Waals surface area contributed by atoms with Gasteiger partial charge < -0.3 is 14.9 Å². The van der Waals surface area contributed by atoms with Crippen LogP contribution in [-0.2, 0) is 16.0 Å². The molecule has 3 aromatic rings. The van der Waals surface area contributed by atoms with Crippen molar-refractivity contribution in [3.05, 3.63) is 51.2 Å². The van der Waals surface area contributed by atoms with E-state index in [1.165, 1.54) is 0 Å². The predicted molar refractivity (Wildman–Crippen MR) is 137 cm³/mol. The molecule has 1 amide bonds. The Morgan fingerprint density at radius 3 is 2.74 bits per heavy atom. The first kappa shape index (κ1) is 25.4. The highest BCUT2D eigenvalue weighted by Crippen LogP contribution is 2.49. The number of amides is 1. The van der Waals surface area contributed by atoms with Crippen LogP contribution in [0.2, 0.25) is 5.02 Å². The minimum atomic E-state index is -0.908. The highest BCUT2D eigenvalue weighted by atomic mass is 35.5. The topological polar surface area (TPSA) is 105 Å². The van der Waals surface area contributed by atoms with Crippen LogP contribution in [0.15, 0.2) is 28.9 Å². The molecule has 35 heavy (non-hydrogen) atoms. The van der Waals surface area contributed by atoms with Crippen LogP contribution in [0.1, 0.15) is 79.6 Å². The summed E-state index contributed by atoms with van der Waals surface area (Å²) < 4.78 is 5.84. The van der Waals surface area contributed by atoms with E-state index in [1.54, 1.807) is 23.5 Å². The van der Waals surface area contributed by atoms with E-state index in [0.717, 1.165) is 40.3 Å². The molecule has 1 atom stereocenters. The lowest BCUT2D eigenvalue weighted by Crippen LogP contribution is -2.17. The van der Waals surface area contributed by atoms with Crippen LogP contribution in [0.5, 0.6) is 0 Å². The number of halogens is 1. The smallest absolute Gasteiger partial charge is 0.303 e. The monoisotopic (exact) mass is 515 g/mol. The maximum Gasteiger partial charge on any atom is 0.303 e. The maximum atomic E-state index is 13.0. The lowest BCUT2D eigenvalue weighted by atomic mass is 9.90. The zero-order chi connectivity index (χ0) is 25.1. The summed E-state index contributed by atoms with van der Waals surface area (Å²) in [6.45, 7) is 6.24. The third-order valence-corrected chi connectivity index (χ3v) is 7.36. The number of hydrogen-bond acceptors (Lipinski definition) is 6. The third-order valence-electron chi connectivity index (χ3n) is 6.03. The Hall–Kier alpha value is -2.71. The normalized spacial score (nSPS) is 14.3. The minimum Gasteiger partial charge on any atom is -0.481 e. The van der Waals surface area contributed by atoms with Crippen molar-refractivity contribution in [3.63, 3.8) is 0 Å². The van der Waals surface area contributed by atoms with Crippen molar-refractivity contribution in [2.24, 2.45) is 5.92 Å². The number of aliphatic carboxylic acids is 1. The summed E-state index contributed by atoms with van der Waals surface area (Å²) in [5, 5.41) is 18.1. The number of benzene rings is 1. The molecule has 186 valence electrons. The number of carboxylic acid groups (broad SMARTS) is 1. The summed E-state index contributed by atoms with van der Waals surface area (Å²) in [5.74, 6) is -0.0142. The van der Waals surface area contributed by atoms with Gasteiger partial charge in [0.2, 0.25) is 5.91 Å². The second kappa shape index (κ2) is 10.9. The first-order chi connectivity index (χ1) is 16.7.